The Morgan fingerprint density at radius 2 is 1.94 bits per heavy atom. The van der Waals surface area contributed by atoms with Crippen LogP contribution >= 0.6 is 11.9 Å². The molecule has 169 valence electrons. The number of rotatable bonds is 8. The Bertz CT molecular complexity index is 645. The number of ether oxygens (including phenoxy) is 4. The summed E-state index contributed by atoms with van der Waals surface area (Å²) in [5, 5.41) is 31.5. The second-order valence-corrected chi connectivity index (χ2v) is 7.66. The largest absolute Gasteiger partial charge is 0.450 e. The van der Waals surface area contributed by atoms with Crippen molar-refractivity contribution in [2.45, 2.75) is 76.8 Å². The minimum atomic E-state index is -1.06. The zero-order valence-electron chi connectivity index (χ0n) is 18.9. The van der Waals surface area contributed by atoms with Gasteiger partial charge in [0.1, 0.15) is 18.3 Å². The summed E-state index contributed by atoms with van der Waals surface area (Å²) in [6, 6.07) is -0.775. The first kappa shape index (κ1) is 30.9. The summed E-state index contributed by atoms with van der Waals surface area (Å²) in [4.78, 5) is 2.89. The fraction of sp³-hybridized carbons (Fsp3) is 0.938. The van der Waals surface area contributed by atoms with Crippen LogP contribution < -0.4 is 0 Å². The van der Waals surface area contributed by atoms with Crippen molar-refractivity contribution in [3.8, 4) is 0 Å². The van der Waals surface area contributed by atoms with Gasteiger partial charge >= 0.3 is 0 Å². The van der Waals surface area contributed by atoms with Gasteiger partial charge in [-0.05, 0) is 19.7 Å². The van der Waals surface area contributed by atoms with Gasteiger partial charge in [0.05, 0.1) is 24.9 Å². The molecular weight excluding hydrogens is 857 g/mol. The molecular formula is C16H28Ac2BN4O7S. The van der Waals surface area contributed by atoms with Crippen molar-refractivity contribution < 1.29 is 121 Å². The summed E-state index contributed by atoms with van der Waals surface area (Å²) in [5.41, 5.74) is 9.02. The summed E-state index contributed by atoms with van der Waals surface area (Å²) < 4.78 is 35.5. The minimum Gasteiger partial charge on any atom is -0.450 e. The summed E-state index contributed by atoms with van der Waals surface area (Å²) >= 11 is 0.791. The van der Waals surface area contributed by atoms with Crippen LogP contribution in [-0.4, -0.2) is 80.3 Å². The normalized spacial score (nSPS) is 40.3. The van der Waals surface area contributed by atoms with Gasteiger partial charge in [-0.3, -0.25) is 5.41 Å². The van der Waals surface area contributed by atoms with Gasteiger partial charge in [0.25, 0.3) is 0 Å². The second kappa shape index (κ2) is 15.8. The number of hydrogen-bond acceptors (Lipinski definition) is 10. The zero-order valence-corrected chi connectivity index (χ0v) is 28.2. The summed E-state index contributed by atoms with van der Waals surface area (Å²) in [6.07, 6.45) is -5.61. The molecule has 2 fully saturated rings. The first-order valence-electron chi connectivity index (χ1n) is 9.86. The van der Waals surface area contributed by atoms with Gasteiger partial charge in [-0.1, -0.05) is 30.9 Å². The summed E-state index contributed by atoms with van der Waals surface area (Å²) in [6.45, 7) is 6.37. The van der Waals surface area contributed by atoms with Crippen LogP contribution in [0.15, 0.2) is 5.11 Å². The third-order valence-corrected chi connectivity index (χ3v) is 5.61. The molecule has 0 saturated carbocycles. The Morgan fingerprint density at radius 3 is 2.48 bits per heavy atom. The molecule has 0 bridgehead atoms. The Labute approximate surface area is 260 Å². The zero-order chi connectivity index (χ0) is 22.4. The molecule has 2 heterocycles. The first-order chi connectivity index (χ1) is 14.2. The fourth-order valence-corrected chi connectivity index (χ4v) is 4.13. The molecule has 3 radical (unpaired) electrons. The van der Waals surface area contributed by atoms with Crippen molar-refractivity contribution in [2.75, 3.05) is 6.61 Å². The SMILES string of the molecule is [3H][B]SO[C@H]1C(CO)O[C@@H](O[C@H]2C(C)O[C@@H](OC(C)=N)C(O)[C@@H]2C)C(N=[N+]=[N-])[C@H]1C.[Ac].[Ac]. The van der Waals surface area contributed by atoms with Gasteiger partial charge in [-0.2, -0.15) is 0 Å². The van der Waals surface area contributed by atoms with Crippen molar-refractivity contribution in [1.82, 2.24) is 0 Å². The molecule has 2 rings (SSSR count). The standard InChI is InChI=1S/C16H28BN4O7S.2Ac/c1-6-11(20-21-19)15(26-10(5-22)14(6)28-29-17)27-13-7(2)12(23)16(24-8(13)3)25-9(4)18;;/h6-8,10-18,22-23H,5H2,1-4H3;;/t6-,7+,8?,10?,11?,12?,13-,14-,15+,16+;;/m1../s1/i17T;;. The van der Waals surface area contributed by atoms with E-state index >= 15 is 0 Å². The Hall–Kier alpha value is 1.84. The number of azide groups is 1. The van der Waals surface area contributed by atoms with E-state index in [2.05, 4.69) is 10.0 Å². The molecule has 0 spiro atoms. The molecule has 11 nitrogen and oxygen atoms in total. The molecule has 0 aromatic carbocycles. The van der Waals surface area contributed by atoms with Crippen LogP contribution in [0, 0.1) is 105 Å². The van der Waals surface area contributed by atoms with Gasteiger partial charge in [0, 0.05) is 106 Å². The quantitative estimate of drug-likeness (QED) is 0.0621. The Morgan fingerprint density at radius 1 is 1.26 bits per heavy atom. The van der Waals surface area contributed by atoms with Crippen molar-refractivity contribution >= 4 is 24.9 Å². The third-order valence-electron chi connectivity index (χ3n) is 5.27. The van der Waals surface area contributed by atoms with Crippen molar-refractivity contribution in [3.05, 3.63) is 10.4 Å². The topological polar surface area (TPSA) is 159 Å². The maximum absolute atomic E-state index is 10.5. The fourth-order valence-electron chi connectivity index (χ4n) is 3.70. The molecule has 0 aliphatic carbocycles. The van der Waals surface area contributed by atoms with E-state index in [-0.39, 0.29) is 107 Å². The van der Waals surface area contributed by atoms with Crippen molar-refractivity contribution in [2.24, 2.45) is 17.0 Å². The van der Waals surface area contributed by atoms with E-state index in [1.54, 1.807) is 20.8 Å². The monoisotopic (exact) mass is 887 g/mol. The number of aliphatic hydroxyl groups is 2. The minimum absolute atomic E-state index is 0. The average Bonchev–Trinajstić information content (AvgIpc) is 2.70. The predicted octanol–water partition coefficient (Wildman–Crippen LogP) is 1.01. The molecule has 4 unspecified atom stereocenters. The van der Waals surface area contributed by atoms with Gasteiger partial charge in [0.15, 0.2) is 12.2 Å². The van der Waals surface area contributed by atoms with Gasteiger partial charge < -0.3 is 33.3 Å². The van der Waals surface area contributed by atoms with Gasteiger partial charge in [0.2, 0.25) is 13.4 Å². The van der Waals surface area contributed by atoms with E-state index in [0.717, 1.165) is 19.0 Å². The molecule has 15 heteroatoms. The Kier molecular flexibility index (Phi) is 15.7. The number of nitrogens with one attached hydrogen (secondary N) is 1. The molecule has 3 N–H and O–H groups in total. The van der Waals surface area contributed by atoms with Crippen LogP contribution in [0.3, 0.4) is 0 Å². The van der Waals surface area contributed by atoms with Crippen LogP contribution in [0.2, 0.25) is 0 Å². The second-order valence-electron chi connectivity index (χ2n) is 7.27. The van der Waals surface area contributed by atoms with Crippen LogP contribution in [0.5, 0.6) is 0 Å². The molecule has 2 aliphatic heterocycles. The van der Waals surface area contributed by atoms with Crippen molar-refractivity contribution in [1.29, 1.82) is 6.74 Å². The van der Waals surface area contributed by atoms with E-state index in [9.17, 15) is 10.2 Å². The maximum Gasteiger partial charge on any atom is 0.228 e. The van der Waals surface area contributed by atoms with Gasteiger partial charge in [-0.25, -0.2) is 0 Å². The first-order valence-corrected chi connectivity index (χ1v) is 10.1. The predicted molar refractivity (Wildman–Crippen MR) is 106 cm³/mol. The van der Waals surface area contributed by atoms with Crippen molar-refractivity contribution in [3.63, 3.8) is 0 Å². The smallest absolute Gasteiger partial charge is 0.228 e. The van der Waals surface area contributed by atoms with E-state index in [1.807, 2.05) is 0 Å². The maximum atomic E-state index is 10.5. The number of hydrogen-bond donors (Lipinski definition) is 3. The average molecular weight is 887 g/mol. The van der Waals surface area contributed by atoms with Crippen LogP contribution in [0.1, 0.15) is 27.7 Å². The van der Waals surface area contributed by atoms with Gasteiger partial charge in [-0.15, -0.1) is 0 Å². The summed E-state index contributed by atoms with van der Waals surface area (Å²) in [7, 11) is 1.00. The number of aliphatic hydroxyl groups excluding tert-OH is 2. The summed E-state index contributed by atoms with van der Waals surface area (Å²) in [5.74, 6) is -0.912. The molecule has 10 atom stereocenters. The molecule has 0 aromatic rings. The molecule has 31 heavy (non-hydrogen) atoms. The molecule has 2 aliphatic rings. The number of nitrogens with zero attached hydrogens (tertiary/aromatic N) is 3. The molecule has 0 amide bonds. The third kappa shape index (κ3) is 8.47. The van der Waals surface area contributed by atoms with E-state index < -0.39 is 55.1 Å². The van der Waals surface area contributed by atoms with Crippen LogP contribution in [-0.2, 0) is 23.1 Å². The van der Waals surface area contributed by atoms with Crippen LogP contribution in [0.25, 0.3) is 10.4 Å². The van der Waals surface area contributed by atoms with E-state index in [1.165, 1.54) is 6.92 Å². The Balaban J connectivity index is 0.00000480. The van der Waals surface area contributed by atoms with E-state index in [4.69, 9.17) is 35.4 Å². The molecule has 0 aromatic heterocycles. The van der Waals surface area contributed by atoms with E-state index in [0.29, 0.717) is 0 Å². The van der Waals surface area contributed by atoms with Crippen LogP contribution in [0.4, 0.5) is 0 Å². The molecule has 2 saturated heterocycles.